The molecule has 4 nitrogen and oxygen atoms in total. The second kappa shape index (κ2) is 7.60. The van der Waals surface area contributed by atoms with E-state index in [4.69, 9.17) is 4.74 Å². The Balaban J connectivity index is 2.06. The van der Waals surface area contributed by atoms with Crippen molar-refractivity contribution in [1.82, 2.24) is 4.90 Å². The number of carbonyl (C=O) groups excluding carboxylic acids is 1. The first-order valence-corrected chi connectivity index (χ1v) is 9.07. The molecule has 0 fully saturated rings. The first-order valence-electron chi connectivity index (χ1n) is 9.07. The van der Waals surface area contributed by atoms with Gasteiger partial charge >= 0.3 is 0 Å². The number of hydrogen-bond acceptors (Lipinski definition) is 3. The summed E-state index contributed by atoms with van der Waals surface area (Å²) >= 11 is 0. The summed E-state index contributed by atoms with van der Waals surface area (Å²) in [6.45, 7) is 6.95. The normalized spacial score (nSPS) is 17.6. The zero-order valence-corrected chi connectivity index (χ0v) is 15.2. The molecule has 0 saturated heterocycles. The van der Waals surface area contributed by atoms with Crippen LogP contribution in [-0.4, -0.2) is 23.5 Å². The molecule has 2 aromatic rings. The van der Waals surface area contributed by atoms with Crippen molar-refractivity contribution in [3.05, 3.63) is 59.7 Å². The van der Waals surface area contributed by atoms with Crippen LogP contribution in [0.5, 0.6) is 5.75 Å². The van der Waals surface area contributed by atoms with Gasteiger partial charge in [-0.1, -0.05) is 44.2 Å². The van der Waals surface area contributed by atoms with E-state index in [-0.39, 0.29) is 18.1 Å². The standard InChI is InChI=1S/C21H26N2O2/c1-4-14-25-19-13-9-7-11-17(19)20-22-18-12-8-6-10-16(18)21(24)23(20)15(3)5-2/h6-13,15,20,22H,4-5,14H2,1-3H3. The minimum atomic E-state index is -0.231. The Hall–Kier alpha value is -2.49. The summed E-state index contributed by atoms with van der Waals surface area (Å²) in [4.78, 5) is 15.1. The number of fused-ring (bicyclic) bond motifs is 1. The summed E-state index contributed by atoms with van der Waals surface area (Å²) in [6, 6.07) is 15.8. The van der Waals surface area contributed by atoms with Crippen LogP contribution in [0.4, 0.5) is 5.69 Å². The maximum Gasteiger partial charge on any atom is 0.258 e. The lowest BCUT2D eigenvalue weighted by atomic mass is 10.0. The highest BCUT2D eigenvalue weighted by Gasteiger charge is 2.36. The molecule has 4 heteroatoms. The van der Waals surface area contributed by atoms with E-state index >= 15 is 0 Å². The maximum absolute atomic E-state index is 13.2. The topological polar surface area (TPSA) is 41.6 Å². The summed E-state index contributed by atoms with van der Waals surface area (Å²) in [5.74, 6) is 0.904. The Morgan fingerprint density at radius 3 is 2.60 bits per heavy atom. The lowest BCUT2D eigenvalue weighted by Gasteiger charge is -2.42. The molecule has 2 aromatic carbocycles. The third kappa shape index (κ3) is 3.34. The van der Waals surface area contributed by atoms with Crippen molar-refractivity contribution in [2.45, 2.75) is 45.8 Å². The molecule has 1 amide bonds. The van der Waals surface area contributed by atoms with Gasteiger partial charge in [-0.15, -0.1) is 0 Å². The highest BCUT2D eigenvalue weighted by atomic mass is 16.5. The minimum Gasteiger partial charge on any atom is -0.493 e. The zero-order chi connectivity index (χ0) is 17.8. The van der Waals surface area contributed by atoms with E-state index in [9.17, 15) is 4.79 Å². The summed E-state index contributed by atoms with van der Waals surface area (Å²) in [5.41, 5.74) is 2.60. The molecule has 1 heterocycles. The van der Waals surface area contributed by atoms with Crippen LogP contribution in [0.1, 0.15) is 55.7 Å². The van der Waals surface area contributed by atoms with Crippen molar-refractivity contribution in [2.75, 3.05) is 11.9 Å². The van der Waals surface area contributed by atoms with E-state index in [1.165, 1.54) is 0 Å². The largest absolute Gasteiger partial charge is 0.493 e. The predicted octanol–water partition coefficient (Wildman–Crippen LogP) is 4.84. The van der Waals surface area contributed by atoms with Gasteiger partial charge < -0.3 is 15.0 Å². The molecule has 1 N–H and O–H groups in total. The van der Waals surface area contributed by atoms with Gasteiger partial charge in [-0.05, 0) is 38.0 Å². The number of nitrogens with zero attached hydrogens (tertiary/aromatic N) is 1. The molecule has 3 rings (SSSR count). The highest BCUT2D eigenvalue weighted by Crippen LogP contribution is 2.38. The fourth-order valence-electron chi connectivity index (χ4n) is 3.20. The number of amides is 1. The molecule has 0 aromatic heterocycles. The average molecular weight is 338 g/mol. The molecule has 25 heavy (non-hydrogen) atoms. The van der Waals surface area contributed by atoms with Crippen molar-refractivity contribution >= 4 is 11.6 Å². The van der Waals surface area contributed by atoms with E-state index in [2.05, 4.69) is 26.1 Å². The van der Waals surface area contributed by atoms with Gasteiger partial charge in [-0.2, -0.15) is 0 Å². The van der Waals surface area contributed by atoms with Crippen LogP contribution in [0.3, 0.4) is 0 Å². The Morgan fingerprint density at radius 1 is 1.12 bits per heavy atom. The first-order chi connectivity index (χ1) is 12.2. The number of rotatable bonds is 6. The average Bonchev–Trinajstić information content (AvgIpc) is 2.66. The van der Waals surface area contributed by atoms with E-state index in [0.29, 0.717) is 6.61 Å². The molecule has 132 valence electrons. The van der Waals surface area contributed by atoms with E-state index < -0.39 is 0 Å². The van der Waals surface area contributed by atoms with Crippen molar-refractivity contribution in [1.29, 1.82) is 0 Å². The van der Waals surface area contributed by atoms with Crippen LogP contribution in [-0.2, 0) is 0 Å². The summed E-state index contributed by atoms with van der Waals surface area (Å²) in [6.07, 6.45) is 1.61. The fraction of sp³-hybridized carbons (Fsp3) is 0.381. The van der Waals surface area contributed by atoms with Gasteiger partial charge in [0.1, 0.15) is 11.9 Å². The SMILES string of the molecule is CCCOc1ccccc1C1Nc2ccccc2C(=O)N1C(C)CC. The van der Waals surface area contributed by atoms with Crippen LogP contribution in [0.2, 0.25) is 0 Å². The zero-order valence-electron chi connectivity index (χ0n) is 15.2. The van der Waals surface area contributed by atoms with Gasteiger partial charge in [0.15, 0.2) is 0 Å². The van der Waals surface area contributed by atoms with Gasteiger partial charge in [-0.25, -0.2) is 0 Å². The van der Waals surface area contributed by atoms with Gasteiger partial charge in [0.2, 0.25) is 0 Å². The molecular weight excluding hydrogens is 312 g/mol. The number of anilines is 1. The van der Waals surface area contributed by atoms with Crippen molar-refractivity contribution < 1.29 is 9.53 Å². The van der Waals surface area contributed by atoms with E-state index in [1.54, 1.807) is 0 Å². The smallest absolute Gasteiger partial charge is 0.258 e. The second-order valence-electron chi connectivity index (χ2n) is 6.45. The molecule has 0 saturated carbocycles. The maximum atomic E-state index is 13.2. The summed E-state index contributed by atoms with van der Waals surface area (Å²) in [7, 11) is 0. The third-order valence-corrected chi connectivity index (χ3v) is 4.70. The molecule has 0 spiro atoms. The van der Waals surface area contributed by atoms with Crippen LogP contribution in [0.25, 0.3) is 0 Å². The minimum absolute atomic E-state index is 0.0685. The molecule has 2 atom stereocenters. The second-order valence-corrected chi connectivity index (χ2v) is 6.45. The van der Waals surface area contributed by atoms with Gasteiger partial charge in [0.25, 0.3) is 5.91 Å². The number of hydrogen-bond donors (Lipinski definition) is 1. The Labute approximate surface area is 149 Å². The summed E-state index contributed by atoms with van der Waals surface area (Å²) < 4.78 is 5.95. The molecule has 0 aliphatic carbocycles. The van der Waals surface area contributed by atoms with Gasteiger partial charge in [0.05, 0.1) is 12.2 Å². The third-order valence-electron chi connectivity index (χ3n) is 4.70. The first kappa shape index (κ1) is 17.3. The number of carbonyl (C=O) groups is 1. The van der Waals surface area contributed by atoms with Gasteiger partial charge in [0, 0.05) is 17.3 Å². The van der Waals surface area contributed by atoms with Crippen LogP contribution >= 0.6 is 0 Å². The molecule has 0 bridgehead atoms. The van der Waals surface area contributed by atoms with Crippen LogP contribution in [0.15, 0.2) is 48.5 Å². The quantitative estimate of drug-likeness (QED) is 0.819. The Bertz CT molecular complexity index is 744. The lowest BCUT2D eigenvalue weighted by molar-refractivity contribution is 0.0590. The van der Waals surface area contributed by atoms with Crippen LogP contribution in [0, 0.1) is 0 Å². The number of benzene rings is 2. The fourth-order valence-corrected chi connectivity index (χ4v) is 3.20. The van der Waals surface area contributed by atoms with Gasteiger partial charge in [-0.3, -0.25) is 4.79 Å². The molecule has 1 aliphatic heterocycles. The monoisotopic (exact) mass is 338 g/mol. The van der Waals surface area contributed by atoms with Crippen molar-refractivity contribution in [3.63, 3.8) is 0 Å². The molecule has 1 aliphatic rings. The van der Waals surface area contributed by atoms with Crippen LogP contribution < -0.4 is 10.1 Å². The lowest BCUT2D eigenvalue weighted by Crippen LogP contribution is -2.47. The predicted molar refractivity (Wildman–Crippen MR) is 101 cm³/mol. The number of para-hydroxylation sites is 2. The molecular formula is C21H26N2O2. The molecule has 2 unspecified atom stereocenters. The van der Waals surface area contributed by atoms with Crippen molar-refractivity contribution in [2.24, 2.45) is 0 Å². The summed E-state index contributed by atoms with van der Waals surface area (Å²) in [5, 5.41) is 3.55. The van der Waals surface area contributed by atoms with Crippen molar-refractivity contribution in [3.8, 4) is 5.75 Å². The Kier molecular flexibility index (Phi) is 5.27. The highest BCUT2D eigenvalue weighted by molar-refractivity contribution is 6.02. The van der Waals surface area contributed by atoms with E-state index in [0.717, 1.165) is 35.4 Å². The molecule has 0 radical (unpaired) electrons. The number of nitrogens with one attached hydrogen (secondary N) is 1. The Morgan fingerprint density at radius 2 is 1.84 bits per heavy atom. The van der Waals surface area contributed by atoms with E-state index in [1.807, 2.05) is 53.4 Å². The number of ether oxygens (including phenoxy) is 1.